The van der Waals surface area contributed by atoms with Crippen LogP contribution < -0.4 is 10.5 Å². The lowest BCUT2D eigenvalue weighted by Gasteiger charge is -2.35. The Hall–Kier alpha value is -2.08. The first-order chi connectivity index (χ1) is 10.0. The monoisotopic (exact) mass is 291 g/mol. The molecule has 0 aliphatic carbocycles. The third kappa shape index (κ3) is 3.52. The Morgan fingerprint density at radius 1 is 1.10 bits per heavy atom. The van der Waals surface area contributed by atoms with E-state index in [-0.39, 0.29) is 11.8 Å². The Morgan fingerprint density at radius 3 is 2.10 bits per heavy atom. The Kier molecular flexibility index (Phi) is 4.80. The molecule has 0 saturated carbocycles. The van der Waals surface area contributed by atoms with Crippen LogP contribution in [0.1, 0.15) is 17.3 Å². The molecule has 2 amide bonds. The largest absolute Gasteiger partial charge is 0.497 e. The maximum atomic E-state index is 12.4. The second-order valence-electron chi connectivity index (χ2n) is 5.13. The lowest BCUT2D eigenvalue weighted by molar-refractivity contribution is -0.133. The highest BCUT2D eigenvalue weighted by molar-refractivity contribution is 5.94. The number of amides is 2. The van der Waals surface area contributed by atoms with Gasteiger partial charge in [-0.25, -0.2) is 0 Å². The van der Waals surface area contributed by atoms with Gasteiger partial charge in [-0.1, -0.05) is 0 Å². The summed E-state index contributed by atoms with van der Waals surface area (Å²) >= 11 is 0. The zero-order chi connectivity index (χ0) is 15.4. The summed E-state index contributed by atoms with van der Waals surface area (Å²) < 4.78 is 5.08. The van der Waals surface area contributed by atoms with Crippen LogP contribution in [-0.4, -0.2) is 60.9 Å². The predicted molar refractivity (Wildman–Crippen MR) is 79.1 cm³/mol. The minimum atomic E-state index is -0.492. The van der Waals surface area contributed by atoms with Gasteiger partial charge in [-0.15, -0.1) is 0 Å². The zero-order valence-electron chi connectivity index (χ0n) is 12.4. The van der Waals surface area contributed by atoms with Crippen molar-refractivity contribution in [2.24, 2.45) is 5.73 Å². The van der Waals surface area contributed by atoms with Crippen LogP contribution in [-0.2, 0) is 4.79 Å². The van der Waals surface area contributed by atoms with Crippen molar-refractivity contribution < 1.29 is 14.3 Å². The van der Waals surface area contributed by atoms with Crippen LogP contribution in [0.25, 0.3) is 0 Å². The van der Waals surface area contributed by atoms with Crippen molar-refractivity contribution in [3.63, 3.8) is 0 Å². The van der Waals surface area contributed by atoms with Gasteiger partial charge in [-0.05, 0) is 31.2 Å². The van der Waals surface area contributed by atoms with Gasteiger partial charge < -0.3 is 20.3 Å². The fourth-order valence-electron chi connectivity index (χ4n) is 2.33. The second-order valence-corrected chi connectivity index (χ2v) is 5.13. The molecule has 114 valence electrons. The van der Waals surface area contributed by atoms with Crippen LogP contribution in [0.5, 0.6) is 5.75 Å². The number of carbonyl (C=O) groups excluding carboxylic acids is 2. The zero-order valence-corrected chi connectivity index (χ0v) is 12.4. The molecular formula is C15H21N3O3. The van der Waals surface area contributed by atoms with Crippen LogP contribution in [0.3, 0.4) is 0 Å². The summed E-state index contributed by atoms with van der Waals surface area (Å²) in [6.45, 7) is 3.80. The Bertz CT molecular complexity index is 505. The molecule has 1 aromatic carbocycles. The fourth-order valence-corrected chi connectivity index (χ4v) is 2.33. The summed E-state index contributed by atoms with van der Waals surface area (Å²) in [7, 11) is 1.59. The minimum absolute atomic E-state index is 0.0226. The van der Waals surface area contributed by atoms with Crippen molar-refractivity contribution in [2.75, 3.05) is 33.3 Å². The van der Waals surface area contributed by atoms with E-state index in [1.165, 1.54) is 0 Å². The van der Waals surface area contributed by atoms with Crippen molar-refractivity contribution in [2.45, 2.75) is 13.0 Å². The lowest BCUT2D eigenvalue weighted by atomic mass is 10.1. The van der Waals surface area contributed by atoms with Gasteiger partial charge in [0, 0.05) is 31.7 Å². The van der Waals surface area contributed by atoms with E-state index >= 15 is 0 Å². The highest BCUT2D eigenvalue weighted by Crippen LogP contribution is 2.14. The summed E-state index contributed by atoms with van der Waals surface area (Å²) in [6, 6.07) is 6.54. The van der Waals surface area contributed by atoms with E-state index < -0.39 is 6.04 Å². The molecule has 0 bridgehead atoms. The van der Waals surface area contributed by atoms with E-state index in [9.17, 15) is 9.59 Å². The first kappa shape index (κ1) is 15.3. The number of carbonyl (C=O) groups is 2. The smallest absolute Gasteiger partial charge is 0.253 e. The third-order valence-corrected chi connectivity index (χ3v) is 3.61. The topological polar surface area (TPSA) is 75.9 Å². The summed E-state index contributed by atoms with van der Waals surface area (Å²) in [5.74, 6) is 0.635. The summed E-state index contributed by atoms with van der Waals surface area (Å²) in [5.41, 5.74) is 6.22. The van der Waals surface area contributed by atoms with Crippen molar-refractivity contribution in [3.8, 4) is 5.75 Å². The van der Waals surface area contributed by atoms with Crippen molar-refractivity contribution in [3.05, 3.63) is 29.8 Å². The van der Waals surface area contributed by atoms with E-state index in [0.717, 1.165) is 5.75 Å². The molecule has 1 heterocycles. The van der Waals surface area contributed by atoms with Crippen molar-refractivity contribution in [1.29, 1.82) is 0 Å². The van der Waals surface area contributed by atoms with Crippen molar-refractivity contribution in [1.82, 2.24) is 9.80 Å². The number of benzene rings is 1. The van der Waals surface area contributed by atoms with Gasteiger partial charge in [0.25, 0.3) is 5.91 Å². The second kappa shape index (κ2) is 6.58. The molecule has 2 N–H and O–H groups in total. The molecular weight excluding hydrogens is 270 g/mol. The van der Waals surface area contributed by atoms with Gasteiger partial charge >= 0.3 is 0 Å². The Balaban J connectivity index is 1.95. The van der Waals surface area contributed by atoms with Crippen LogP contribution in [0.15, 0.2) is 24.3 Å². The molecule has 1 saturated heterocycles. The van der Waals surface area contributed by atoms with Crippen molar-refractivity contribution >= 4 is 11.8 Å². The molecule has 1 fully saturated rings. The summed E-state index contributed by atoms with van der Waals surface area (Å²) in [5, 5.41) is 0. The van der Waals surface area contributed by atoms with Crippen LogP contribution in [0, 0.1) is 0 Å². The Morgan fingerprint density at radius 2 is 1.62 bits per heavy atom. The first-order valence-electron chi connectivity index (χ1n) is 7.00. The molecule has 1 aromatic rings. The SMILES string of the molecule is COc1ccc(C(=O)N2CCN(C(=O)C(C)N)CC2)cc1. The quantitative estimate of drug-likeness (QED) is 0.870. The number of hydrogen-bond acceptors (Lipinski definition) is 4. The molecule has 0 radical (unpaired) electrons. The van der Waals surface area contributed by atoms with Crippen LogP contribution in [0.2, 0.25) is 0 Å². The number of piperazine rings is 1. The van der Waals surface area contributed by atoms with E-state index in [0.29, 0.717) is 31.7 Å². The number of nitrogens with two attached hydrogens (primary N) is 1. The maximum absolute atomic E-state index is 12.4. The van der Waals surface area contributed by atoms with Gasteiger partial charge in [0.05, 0.1) is 13.2 Å². The minimum Gasteiger partial charge on any atom is -0.497 e. The number of methoxy groups -OCH3 is 1. The maximum Gasteiger partial charge on any atom is 0.253 e. The molecule has 6 nitrogen and oxygen atoms in total. The molecule has 1 unspecified atom stereocenters. The molecule has 6 heteroatoms. The van der Waals surface area contributed by atoms with Gasteiger partial charge in [0.1, 0.15) is 5.75 Å². The van der Waals surface area contributed by atoms with Gasteiger partial charge in [0.15, 0.2) is 0 Å². The molecule has 0 aromatic heterocycles. The molecule has 1 aliphatic rings. The molecule has 2 rings (SSSR count). The van der Waals surface area contributed by atoms with E-state index in [2.05, 4.69) is 0 Å². The molecule has 1 atom stereocenters. The highest BCUT2D eigenvalue weighted by atomic mass is 16.5. The number of nitrogens with zero attached hydrogens (tertiary/aromatic N) is 2. The van der Waals surface area contributed by atoms with E-state index in [1.54, 1.807) is 48.1 Å². The number of hydrogen-bond donors (Lipinski definition) is 1. The standard InChI is InChI=1S/C15H21N3O3/c1-11(16)14(19)17-7-9-18(10-8-17)15(20)12-3-5-13(21-2)6-4-12/h3-6,11H,7-10,16H2,1-2H3. The average molecular weight is 291 g/mol. The molecule has 21 heavy (non-hydrogen) atoms. The van der Waals surface area contributed by atoms with Gasteiger partial charge in [-0.3, -0.25) is 9.59 Å². The third-order valence-electron chi connectivity index (χ3n) is 3.61. The van der Waals surface area contributed by atoms with Gasteiger partial charge in [-0.2, -0.15) is 0 Å². The predicted octanol–water partition coefficient (Wildman–Crippen LogP) is 0.327. The number of ether oxygens (including phenoxy) is 1. The first-order valence-corrected chi connectivity index (χ1v) is 7.00. The summed E-state index contributed by atoms with van der Waals surface area (Å²) in [4.78, 5) is 27.6. The molecule has 0 spiro atoms. The van der Waals surface area contributed by atoms with Gasteiger partial charge in [0.2, 0.25) is 5.91 Å². The van der Waals surface area contributed by atoms with Crippen LogP contribution >= 0.6 is 0 Å². The average Bonchev–Trinajstić information content (AvgIpc) is 2.53. The lowest BCUT2D eigenvalue weighted by Crippen LogP contribution is -2.53. The normalized spacial score (nSPS) is 16.5. The number of rotatable bonds is 3. The highest BCUT2D eigenvalue weighted by Gasteiger charge is 2.26. The summed E-state index contributed by atoms with van der Waals surface area (Å²) in [6.07, 6.45) is 0. The van der Waals surface area contributed by atoms with E-state index in [4.69, 9.17) is 10.5 Å². The Labute approximate surface area is 124 Å². The van der Waals surface area contributed by atoms with E-state index in [1.807, 2.05) is 0 Å². The fraction of sp³-hybridized carbons (Fsp3) is 0.467. The van der Waals surface area contributed by atoms with Crippen LogP contribution in [0.4, 0.5) is 0 Å². The molecule has 1 aliphatic heterocycles.